The second kappa shape index (κ2) is 6.75. The van der Waals surface area contributed by atoms with Crippen molar-refractivity contribution in [2.24, 2.45) is 5.92 Å². The average molecular weight is 238 g/mol. The van der Waals surface area contributed by atoms with E-state index in [1.165, 1.54) is 64.6 Å². The number of nitrogens with one attached hydrogen (secondary N) is 1. The third-order valence-electron chi connectivity index (χ3n) is 4.35. The minimum atomic E-state index is 0.758. The van der Waals surface area contributed by atoms with E-state index >= 15 is 0 Å². The molecule has 2 aliphatic rings. The van der Waals surface area contributed by atoms with Crippen LogP contribution in [0, 0.1) is 5.92 Å². The van der Waals surface area contributed by atoms with Crippen LogP contribution in [0.25, 0.3) is 0 Å². The molecule has 1 heterocycles. The van der Waals surface area contributed by atoms with Gasteiger partial charge in [0.25, 0.3) is 0 Å². The minimum Gasteiger partial charge on any atom is -0.310 e. The van der Waals surface area contributed by atoms with Gasteiger partial charge in [-0.3, -0.25) is 0 Å². The Hall–Kier alpha value is -0.0800. The standard InChI is InChI=1S/C15H30N2/c1-3-9-17-11-13(2)10-15(12-17)16-14-7-5-4-6-8-14/h13-16H,3-12H2,1-2H3. The van der Waals surface area contributed by atoms with E-state index in [9.17, 15) is 0 Å². The van der Waals surface area contributed by atoms with Crippen molar-refractivity contribution in [3.63, 3.8) is 0 Å². The van der Waals surface area contributed by atoms with E-state index in [-0.39, 0.29) is 0 Å². The Bertz CT molecular complexity index is 211. The minimum absolute atomic E-state index is 0.758. The normalized spacial score (nSPS) is 32.8. The first-order chi connectivity index (χ1) is 8.28. The molecule has 1 aliphatic carbocycles. The van der Waals surface area contributed by atoms with Crippen molar-refractivity contribution in [2.75, 3.05) is 19.6 Å². The third kappa shape index (κ3) is 4.26. The molecule has 2 rings (SSSR count). The van der Waals surface area contributed by atoms with E-state index in [0.717, 1.165) is 18.0 Å². The predicted octanol–water partition coefficient (Wildman–Crippen LogP) is 3.03. The van der Waals surface area contributed by atoms with Gasteiger partial charge >= 0.3 is 0 Å². The number of rotatable bonds is 4. The second-order valence-electron chi connectivity index (χ2n) is 6.30. The Morgan fingerprint density at radius 1 is 1.06 bits per heavy atom. The maximum atomic E-state index is 3.93. The molecule has 2 heteroatoms. The summed E-state index contributed by atoms with van der Waals surface area (Å²) in [7, 11) is 0. The van der Waals surface area contributed by atoms with Crippen LogP contribution in [0.3, 0.4) is 0 Å². The average Bonchev–Trinajstić information content (AvgIpc) is 2.30. The van der Waals surface area contributed by atoms with Crippen LogP contribution < -0.4 is 5.32 Å². The lowest BCUT2D eigenvalue weighted by Crippen LogP contribution is -2.51. The molecule has 1 saturated carbocycles. The van der Waals surface area contributed by atoms with Crippen LogP contribution in [0.4, 0.5) is 0 Å². The van der Waals surface area contributed by atoms with Crippen LogP contribution in [0.1, 0.15) is 58.8 Å². The zero-order valence-corrected chi connectivity index (χ0v) is 11.8. The van der Waals surface area contributed by atoms with Crippen molar-refractivity contribution in [1.29, 1.82) is 0 Å². The van der Waals surface area contributed by atoms with E-state index in [1.54, 1.807) is 0 Å². The molecule has 100 valence electrons. The molecule has 1 saturated heterocycles. The molecule has 1 N–H and O–H groups in total. The van der Waals surface area contributed by atoms with E-state index in [0.29, 0.717) is 0 Å². The van der Waals surface area contributed by atoms with Crippen LogP contribution in [0.2, 0.25) is 0 Å². The molecule has 0 amide bonds. The van der Waals surface area contributed by atoms with Gasteiger partial charge in [-0.15, -0.1) is 0 Å². The molecule has 2 fully saturated rings. The van der Waals surface area contributed by atoms with Gasteiger partial charge in [-0.2, -0.15) is 0 Å². The molecule has 17 heavy (non-hydrogen) atoms. The first kappa shape index (κ1) is 13.4. The Kier molecular flexibility index (Phi) is 5.30. The fourth-order valence-corrected chi connectivity index (χ4v) is 3.68. The fourth-order valence-electron chi connectivity index (χ4n) is 3.68. The predicted molar refractivity (Wildman–Crippen MR) is 74.3 cm³/mol. The van der Waals surface area contributed by atoms with Crippen molar-refractivity contribution in [1.82, 2.24) is 10.2 Å². The molecule has 0 aromatic heterocycles. The number of hydrogen-bond donors (Lipinski definition) is 1. The highest BCUT2D eigenvalue weighted by molar-refractivity contribution is 4.85. The highest BCUT2D eigenvalue weighted by Gasteiger charge is 2.26. The number of nitrogens with zero attached hydrogens (tertiary/aromatic N) is 1. The molecular weight excluding hydrogens is 208 g/mol. The highest BCUT2D eigenvalue weighted by atomic mass is 15.2. The molecule has 0 aromatic rings. The summed E-state index contributed by atoms with van der Waals surface area (Å²) in [6.07, 6.45) is 9.86. The highest BCUT2D eigenvalue weighted by Crippen LogP contribution is 2.21. The van der Waals surface area contributed by atoms with Gasteiger partial charge in [0.1, 0.15) is 0 Å². The summed E-state index contributed by atoms with van der Waals surface area (Å²) < 4.78 is 0. The second-order valence-corrected chi connectivity index (χ2v) is 6.30. The van der Waals surface area contributed by atoms with Gasteiger partial charge in [0.15, 0.2) is 0 Å². The summed E-state index contributed by atoms with van der Waals surface area (Å²) >= 11 is 0. The van der Waals surface area contributed by atoms with Gasteiger partial charge in [0.2, 0.25) is 0 Å². The largest absolute Gasteiger partial charge is 0.310 e. The Morgan fingerprint density at radius 3 is 2.53 bits per heavy atom. The smallest absolute Gasteiger partial charge is 0.0200 e. The molecule has 2 atom stereocenters. The summed E-state index contributed by atoms with van der Waals surface area (Å²) in [5, 5.41) is 3.93. The SMILES string of the molecule is CCCN1CC(C)CC(NC2CCCCC2)C1. The molecule has 0 radical (unpaired) electrons. The maximum Gasteiger partial charge on any atom is 0.0200 e. The monoisotopic (exact) mass is 238 g/mol. The van der Waals surface area contributed by atoms with Crippen LogP contribution in [-0.2, 0) is 0 Å². The van der Waals surface area contributed by atoms with Gasteiger partial charge in [-0.25, -0.2) is 0 Å². The summed E-state index contributed by atoms with van der Waals surface area (Å²) in [5.74, 6) is 0.872. The van der Waals surface area contributed by atoms with E-state index in [1.807, 2.05) is 0 Å². The van der Waals surface area contributed by atoms with Crippen molar-refractivity contribution >= 4 is 0 Å². The maximum absolute atomic E-state index is 3.93. The van der Waals surface area contributed by atoms with E-state index in [2.05, 4.69) is 24.1 Å². The van der Waals surface area contributed by atoms with Gasteiger partial charge in [0, 0.05) is 25.2 Å². The number of piperidine rings is 1. The van der Waals surface area contributed by atoms with Crippen molar-refractivity contribution in [3.8, 4) is 0 Å². The van der Waals surface area contributed by atoms with Crippen LogP contribution in [0.15, 0.2) is 0 Å². The quantitative estimate of drug-likeness (QED) is 0.810. The van der Waals surface area contributed by atoms with Crippen LogP contribution in [-0.4, -0.2) is 36.6 Å². The summed E-state index contributed by atoms with van der Waals surface area (Å²) in [6, 6.07) is 1.58. The topological polar surface area (TPSA) is 15.3 Å². The lowest BCUT2D eigenvalue weighted by molar-refractivity contribution is 0.138. The van der Waals surface area contributed by atoms with E-state index in [4.69, 9.17) is 0 Å². The zero-order chi connectivity index (χ0) is 12.1. The first-order valence-electron chi connectivity index (χ1n) is 7.76. The van der Waals surface area contributed by atoms with Gasteiger partial charge in [-0.1, -0.05) is 33.1 Å². The zero-order valence-electron chi connectivity index (χ0n) is 11.8. The molecule has 2 unspecified atom stereocenters. The van der Waals surface area contributed by atoms with Crippen LogP contribution in [0.5, 0.6) is 0 Å². The molecule has 2 nitrogen and oxygen atoms in total. The Labute approximate surface area is 107 Å². The lowest BCUT2D eigenvalue weighted by atomic mass is 9.91. The Balaban J connectivity index is 1.78. The van der Waals surface area contributed by atoms with Gasteiger partial charge in [-0.05, 0) is 38.1 Å². The molecule has 0 bridgehead atoms. The van der Waals surface area contributed by atoms with Gasteiger partial charge < -0.3 is 10.2 Å². The number of likely N-dealkylation sites (tertiary alicyclic amines) is 1. The van der Waals surface area contributed by atoms with Crippen LogP contribution >= 0.6 is 0 Å². The molecule has 1 aliphatic heterocycles. The molecule has 0 aromatic carbocycles. The summed E-state index contributed by atoms with van der Waals surface area (Å²) in [5.41, 5.74) is 0. The Morgan fingerprint density at radius 2 is 1.82 bits per heavy atom. The van der Waals surface area contributed by atoms with Crippen molar-refractivity contribution < 1.29 is 0 Å². The van der Waals surface area contributed by atoms with Gasteiger partial charge in [0.05, 0.1) is 0 Å². The lowest BCUT2D eigenvalue weighted by Gasteiger charge is -2.39. The number of hydrogen-bond acceptors (Lipinski definition) is 2. The third-order valence-corrected chi connectivity index (χ3v) is 4.35. The van der Waals surface area contributed by atoms with Crippen molar-refractivity contribution in [3.05, 3.63) is 0 Å². The summed E-state index contributed by atoms with van der Waals surface area (Å²) in [6.45, 7) is 8.60. The molecule has 0 spiro atoms. The first-order valence-corrected chi connectivity index (χ1v) is 7.76. The fraction of sp³-hybridized carbons (Fsp3) is 1.00. The van der Waals surface area contributed by atoms with E-state index < -0.39 is 0 Å². The molecular formula is C15H30N2. The summed E-state index contributed by atoms with van der Waals surface area (Å²) in [4.78, 5) is 2.66. The van der Waals surface area contributed by atoms with Crippen molar-refractivity contribution in [2.45, 2.75) is 70.9 Å².